The first kappa shape index (κ1) is 31.1. The Bertz CT molecular complexity index is 1970. The van der Waals surface area contributed by atoms with Gasteiger partial charge >= 0.3 is 11.9 Å². The van der Waals surface area contributed by atoms with E-state index in [0.717, 1.165) is 39.3 Å². The van der Waals surface area contributed by atoms with Gasteiger partial charge in [0.15, 0.2) is 0 Å². The molecule has 5 nitrogen and oxygen atoms in total. The molecule has 0 saturated carbocycles. The molecule has 0 unspecified atom stereocenters. The number of para-hydroxylation sites is 2. The Morgan fingerprint density at radius 1 is 0.468 bits per heavy atom. The third kappa shape index (κ3) is 6.70. The van der Waals surface area contributed by atoms with Crippen LogP contribution in [0.2, 0.25) is 0 Å². The van der Waals surface area contributed by atoms with E-state index in [1.807, 2.05) is 91.0 Å². The molecule has 0 N–H and O–H groups in total. The van der Waals surface area contributed by atoms with Crippen molar-refractivity contribution in [3.8, 4) is 33.4 Å². The van der Waals surface area contributed by atoms with Gasteiger partial charge in [0.2, 0.25) is 0 Å². The van der Waals surface area contributed by atoms with Crippen LogP contribution in [-0.2, 0) is 9.47 Å². The van der Waals surface area contributed by atoms with Crippen LogP contribution in [-0.4, -0.2) is 25.2 Å². The zero-order valence-electron chi connectivity index (χ0n) is 26.4. The van der Waals surface area contributed by atoms with Crippen molar-refractivity contribution in [2.24, 2.45) is 0 Å². The molecule has 0 bridgehead atoms. The van der Waals surface area contributed by atoms with E-state index in [-0.39, 0.29) is 13.2 Å². The van der Waals surface area contributed by atoms with Crippen LogP contribution in [0.25, 0.3) is 33.4 Å². The number of carbonyl (C=O) groups excluding carboxylic acids is 2. The average molecular weight is 618 g/mol. The Morgan fingerprint density at radius 3 is 1.51 bits per heavy atom. The van der Waals surface area contributed by atoms with Crippen molar-refractivity contribution in [2.75, 3.05) is 18.1 Å². The van der Waals surface area contributed by atoms with Gasteiger partial charge in [-0.15, -0.1) is 0 Å². The van der Waals surface area contributed by atoms with Crippen LogP contribution >= 0.6 is 0 Å². The normalized spacial score (nSPS) is 10.7. The van der Waals surface area contributed by atoms with Crippen LogP contribution in [0.1, 0.15) is 34.6 Å². The van der Waals surface area contributed by atoms with Gasteiger partial charge in [0.1, 0.15) is 0 Å². The van der Waals surface area contributed by atoms with Crippen LogP contribution in [0.3, 0.4) is 0 Å². The van der Waals surface area contributed by atoms with Crippen molar-refractivity contribution >= 4 is 29.0 Å². The number of benzene rings is 6. The summed E-state index contributed by atoms with van der Waals surface area (Å²) in [5, 5.41) is 0. The van der Waals surface area contributed by atoms with Gasteiger partial charge in [0.25, 0.3) is 0 Å². The summed E-state index contributed by atoms with van der Waals surface area (Å²) in [5.74, 6) is -0.930. The Labute approximate surface area is 275 Å². The fraction of sp³-hybridized carbons (Fsp3) is 0.0952. The lowest BCUT2D eigenvalue weighted by Gasteiger charge is -2.28. The summed E-state index contributed by atoms with van der Waals surface area (Å²) in [6.07, 6.45) is 0. The summed E-state index contributed by atoms with van der Waals surface area (Å²) in [6, 6.07) is 49.7. The molecule has 5 heteroatoms. The third-order valence-electron chi connectivity index (χ3n) is 7.92. The zero-order valence-corrected chi connectivity index (χ0v) is 26.4. The molecule has 0 aromatic heterocycles. The van der Waals surface area contributed by atoms with Crippen molar-refractivity contribution in [2.45, 2.75) is 13.8 Å². The summed E-state index contributed by atoms with van der Waals surface area (Å²) in [4.78, 5) is 29.3. The molecule has 0 fully saturated rings. The first-order valence-electron chi connectivity index (χ1n) is 15.8. The molecule has 47 heavy (non-hydrogen) atoms. The van der Waals surface area contributed by atoms with Crippen LogP contribution in [0, 0.1) is 0 Å². The number of nitrogens with zero attached hydrogens (tertiary/aromatic N) is 1. The fourth-order valence-corrected chi connectivity index (χ4v) is 5.77. The second-order valence-corrected chi connectivity index (χ2v) is 10.9. The molecule has 0 heterocycles. The monoisotopic (exact) mass is 617 g/mol. The molecule has 0 spiro atoms. The number of esters is 2. The highest BCUT2D eigenvalue weighted by atomic mass is 16.5. The summed E-state index contributed by atoms with van der Waals surface area (Å²) in [7, 11) is 0. The van der Waals surface area contributed by atoms with Crippen LogP contribution in [0.4, 0.5) is 17.1 Å². The first-order chi connectivity index (χ1) is 23.1. The van der Waals surface area contributed by atoms with Gasteiger partial charge in [-0.05, 0) is 84.1 Å². The molecular formula is C42H35NO4. The van der Waals surface area contributed by atoms with Crippen molar-refractivity contribution in [3.63, 3.8) is 0 Å². The maximum Gasteiger partial charge on any atom is 0.338 e. The molecule has 0 aliphatic carbocycles. The maximum atomic E-state index is 13.7. The summed E-state index contributed by atoms with van der Waals surface area (Å²) in [5.41, 5.74) is 8.41. The van der Waals surface area contributed by atoms with Gasteiger partial charge in [-0.1, -0.05) is 109 Å². The highest BCUT2D eigenvalue weighted by Gasteiger charge is 2.26. The second kappa shape index (κ2) is 14.4. The zero-order chi connectivity index (χ0) is 32.6. The standard InChI is InChI=1S/C42H35NO4/c1-3-46-41(44)38-29-37(39(42(45)47-4-2)28-36(38)32-18-10-6-11-19-32)35-22-14-15-23-40(35)43(33-20-12-7-13-21-33)34-26-24-31(25-27-34)30-16-8-5-9-17-30/h5-29H,3-4H2,1-2H3. The minimum absolute atomic E-state index is 0.212. The van der Waals surface area contributed by atoms with Crippen molar-refractivity contribution in [3.05, 3.63) is 163 Å². The van der Waals surface area contributed by atoms with E-state index in [9.17, 15) is 9.59 Å². The van der Waals surface area contributed by atoms with E-state index in [1.54, 1.807) is 26.0 Å². The predicted octanol–water partition coefficient (Wildman–Crippen LogP) is 10.5. The van der Waals surface area contributed by atoms with E-state index < -0.39 is 11.9 Å². The first-order valence-corrected chi connectivity index (χ1v) is 15.8. The predicted molar refractivity (Wildman–Crippen MR) is 189 cm³/mol. The van der Waals surface area contributed by atoms with Crippen LogP contribution < -0.4 is 4.90 Å². The van der Waals surface area contributed by atoms with E-state index in [2.05, 4.69) is 53.4 Å². The lowest BCUT2D eigenvalue weighted by molar-refractivity contribution is 0.0513. The summed E-state index contributed by atoms with van der Waals surface area (Å²) >= 11 is 0. The summed E-state index contributed by atoms with van der Waals surface area (Å²) in [6.45, 7) is 4.00. The topological polar surface area (TPSA) is 55.8 Å². The quantitative estimate of drug-likeness (QED) is 0.143. The van der Waals surface area contributed by atoms with E-state index in [1.165, 1.54) is 0 Å². The molecule has 0 radical (unpaired) electrons. The minimum Gasteiger partial charge on any atom is -0.462 e. The molecule has 0 aliphatic heterocycles. The number of rotatable bonds is 10. The van der Waals surface area contributed by atoms with Crippen molar-refractivity contribution in [1.29, 1.82) is 0 Å². The largest absolute Gasteiger partial charge is 0.462 e. The molecule has 0 aliphatic rings. The summed E-state index contributed by atoms with van der Waals surface area (Å²) < 4.78 is 11.1. The van der Waals surface area contributed by atoms with Crippen LogP contribution in [0.15, 0.2) is 152 Å². The third-order valence-corrected chi connectivity index (χ3v) is 7.92. The van der Waals surface area contributed by atoms with E-state index in [4.69, 9.17) is 9.47 Å². The van der Waals surface area contributed by atoms with Crippen molar-refractivity contribution < 1.29 is 19.1 Å². The van der Waals surface area contributed by atoms with Gasteiger partial charge in [-0.3, -0.25) is 0 Å². The highest BCUT2D eigenvalue weighted by molar-refractivity contribution is 6.07. The van der Waals surface area contributed by atoms with Gasteiger partial charge < -0.3 is 14.4 Å². The molecule has 0 atom stereocenters. The molecule has 6 aromatic carbocycles. The molecule has 0 saturated heterocycles. The molecule has 6 aromatic rings. The van der Waals surface area contributed by atoms with Gasteiger partial charge in [0.05, 0.1) is 30.0 Å². The SMILES string of the molecule is CCOC(=O)c1cc(-c2ccccc2N(c2ccccc2)c2ccc(-c3ccccc3)cc2)c(C(=O)OCC)cc1-c1ccccc1. The molecule has 232 valence electrons. The number of hydrogen-bond acceptors (Lipinski definition) is 5. The van der Waals surface area contributed by atoms with E-state index >= 15 is 0 Å². The fourth-order valence-electron chi connectivity index (χ4n) is 5.77. The van der Waals surface area contributed by atoms with E-state index in [0.29, 0.717) is 22.3 Å². The second-order valence-electron chi connectivity index (χ2n) is 10.9. The Hall–Kier alpha value is -5.94. The Balaban J connectivity index is 1.58. The molecule has 6 rings (SSSR count). The van der Waals surface area contributed by atoms with Gasteiger partial charge in [-0.2, -0.15) is 0 Å². The Kier molecular flexibility index (Phi) is 9.54. The van der Waals surface area contributed by atoms with Gasteiger partial charge in [0, 0.05) is 16.9 Å². The number of carbonyl (C=O) groups is 2. The lowest BCUT2D eigenvalue weighted by atomic mass is 9.89. The average Bonchev–Trinajstić information content (AvgIpc) is 3.13. The van der Waals surface area contributed by atoms with Crippen LogP contribution in [0.5, 0.6) is 0 Å². The maximum absolute atomic E-state index is 13.7. The lowest BCUT2D eigenvalue weighted by Crippen LogP contribution is -2.14. The smallest absolute Gasteiger partial charge is 0.338 e. The van der Waals surface area contributed by atoms with Crippen molar-refractivity contribution in [1.82, 2.24) is 0 Å². The van der Waals surface area contributed by atoms with Gasteiger partial charge in [-0.25, -0.2) is 9.59 Å². The number of hydrogen-bond donors (Lipinski definition) is 0. The Morgan fingerprint density at radius 2 is 0.915 bits per heavy atom. The highest BCUT2D eigenvalue weighted by Crippen LogP contribution is 2.43. The number of anilines is 3. The minimum atomic E-state index is -0.469. The molecule has 0 amide bonds. The molecular weight excluding hydrogens is 582 g/mol. The number of ether oxygens (including phenoxy) is 2.